The Hall–Kier alpha value is -1.38. The van der Waals surface area contributed by atoms with Crippen LogP contribution in [0.1, 0.15) is 11.1 Å². The summed E-state index contributed by atoms with van der Waals surface area (Å²) in [6.07, 6.45) is 0. The molecular weight excluding hydrogens is 281 g/mol. The van der Waals surface area contributed by atoms with Crippen molar-refractivity contribution in [3.63, 3.8) is 0 Å². The Kier molecular flexibility index (Phi) is 4.56. The minimum absolute atomic E-state index is 0.575. The second-order valence-corrected chi connectivity index (χ2v) is 5.10. The molecule has 1 N–H and O–H groups in total. The summed E-state index contributed by atoms with van der Waals surface area (Å²) in [4.78, 5) is 0. The third-order valence-electron chi connectivity index (χ3n) is 2.88. The topological polar surface area (TPSA) is 21.3 Å². The van der Waals surface area contributed by atoms with Gasteiger partial charge >= 0.3 is 0 Å². The molecule has 0 unspecified atom stereocenters. The monoisotopic (exact) mass is 295 g/mol. The first-order valence-electron chi connectivity index (χ1n) is 5.92. The SMILES string of the molecule is COc1ccc(NCc2ccc(Cl)c(Cl)c2)cc1C. The van der Waals surface area contributed by atoms with Crippen molar-refractivity contribution in [2.24, 2.45) is 0 Å². The van der Waals surface area contributed by atoms with E-state index < -0.39 is 0 Å². The minimum atomic E-state index is 0.575. The molecular formula is C15H15Cl2NO. The maximum atomic E-state index is 5.98. The van der Waals surface area contributed by atoms with Crippen molar-refractivity contribution in [1.82, 2.24) is 0 Å². The summed E-state index contributed by atoms with van der Waals surface area (Å²) in [6, 6.07) is 11.6. The molecule has 0 aliphatic carbocycles. The lowest BCUT2D eigenvalue weighted by Crippen LogP contribution is -2.00. The average Bonchev–Trinajstić information content (AvgIpc) is 2.40. The van der Waals surface area contributed by atoms with Crippen LogP contribution in [-0.4, -0.2) is 7.11 Å². The minimum Gasteiger partial charge on any atom is -0.496 e. The van der Waals surface area contributed by atoms with Crippen LogP contribution in [0.5, 0.6) is 5.75 Å². The lowest BCUT2D eigenvalue weighted by molar-refractivity contribution is 0.412. The van der Waals surface area contributed by atoms with Crippen LogP contribution in [0.25, 0.3) is 0 Å². The molecule has 2 aromatic rings. The highest BCUT2D eigenvalue weighted by Crippen LogP contribution is 2.24. The largest absolute Gasteiger partial charge is 0.496 e. The summed E-state index contributed by atoms with van der Waals surface area (Å²) in [5.41, 5.74) is 3.23. The summed E-state index contributed by atoms with van der Waals surface area (Å²) in [7, 11) is 1.67. The molecule has 0 radical (unpaired) electrons. The van der Waals surface area contributed by atoms with E-state index in [1.807, 2.05) is 31.2 Å². The fourth-order valence-corrected chi connectivity index (χ4v) is 2.16. The van der Waals surface area contributed by atoms with Gasteiger partial charge < -0.3 is 10.1 Å². The van der Waals surface area contributed by atoms with E-state index in [0.29, 0.717) is 16.6 Å². The quantitative estimate of drug-likeness (QED) is 0.864. The number of aryl methyl sites for hydroxylation is 1. The van der Waals surface area contributed by atoms with E-state index in [0.717, 1.165) is 22.6 Å². The summed E-state index contributed by atoms with van der Waals surface area (Å²) < 4.78 is 5.23. The molecule has 0 saturated heterocycles. The fraction of sp³-hybridized carbons (Fsp3) is 0.200. The molecule has 0 bridgehead atoms. The molecule has 2 aromatic carbocycles. The molecule has 4 heteroatoms. The van der Waals surface area contributed by atoms with Gasteiger partial charge in [-0.15, -0.1) is 0 Å². The molecule has 0 heterocycles. The maximum absolute atomic E-state index is 5.98. The van der Waals surface area contributed by atoms with Crippen molar-refractivity contribution in [3.8, 4) is 5.75 Å². The Morgan fingerprint density at radius 3 is 2.47 bits per heavy atom. The molecule has 0 atom stereocenters. The molecule has 0 fully saturated rings. The zero-order chi connectivity index (χ0) is 13.8. The van der Waals surface area contributed by atoms with Crippen LogP contribution in [0.2, 0.25) is 10.0 Å². The molecule has 0 aliphatic heterocycles. The highest BCUT2D eigenvalue weighted by atomic mass is 35.5. The van der Waals surface area contributed by atoms with Crippen molar-refractivity contribution in [1.29, 1.82) is 0 Å². The number of benzene rings is 2. The number of methoxy groups -OCH3 is 1. The van der Waals surface area contributed by atoms with E-state index in [-0.39, 0.29) is 0 Å². The van der Waals surface area contributed by atoms with Gasteiger partial charge in [-0.05, 0) is 48.4 Å². The number of rotatable bonds is 4. The number of halogens is 2. The zero-order valence-electron chi connectivity index (χ0n) is 10.8. The van der Waals surface area contributed by atoms with Crippen molar-refractivity contribution in [3.05, 3.63) is 57.6 Å². The summed E-state index contributed by atoms with van der Waals surface area (Å²) in [5.74, 6) is 0.889. The van der Waals surface area contributed by atoms with Crippen LogP contribution in [0, 0.1) is 6.92 Å². The Labute approximate surface area is 123 Å². The summed E-state index contributed by atoms with van der Waals surface area (Å²) in [6.45, 7) is 2.71. The van der Waals surface area contributed by atoms with Crippen molar-refractivity contribution in [2.45, 2.75) is 13.5 Å². The van der Waals surface area contributed by atoms with E-state index in [1.165, 1.54) is 0 Å². The predicted molar refractivity (Wildman–Crippen MR) is 81.5 cm³/mol. The predicted octanol–water partition coefficient (Wildman–Crippen LogP) is 4.92. The van der Waals surface area contributed by atoms with Gasteiger partial charge in [0.1, 0.15) is 5.75 Å². The van der Waals surface area contributed by atoms with Gasteiger partial charge in [-0.3, -0.25) is 0 Å². The molecule has 2 rings (SSSR count). The van der Waals surface area contributed by atoms with Crippen LogP contribution < -0.4 is 10.1 Å². The maximum Gasteiger partial charge on any atom is 0.121 e. The molecule has 0 amide bonds. The first-order chi connectivity index (χ1) is 9.10. The molecule has 19 heavy (non-hydrogen) atoms. The van der Waals surface area contributed by atoms with Gasteiger partial charge in [0.25, 0.3) is 0 Å². The second-order valence-electron chi connectivity index (χ2n) is 4.29. The normalized spacial score (nSPS) is 10.3. The van der Waals surface area contributed by atoms with E-state index in [1.54, 1.807) is 13.2 Å². The Balaban J connectivity index is 2.05. The van der Waals surface area contributed by atoms with E-state index in [2.05, 4.69) is 11.4 Å². The van der Waals surface area contributed by atoms with Gasteiger partial charge in [0, 0.05) is 12.2 Å². The van der Waals surface area contributed by atoms with Gasteiger partial charge in [0.2, 0.25) is 0 Å². The highest BCUT2D eigenvalue weighted by molar-refractivity contribution is 6.42. The van der Waals surface area contributed by atoms with Crippen molar-refractivity contribution in [2.75, 3.05) is 12.4 Å². The van der Waals surface area contributed by atoms with Gasteiger partial charge in [0.05, 0.1) is 17.2 Å². The second kappa shape index (κ2) is 6.18. The van der Waals surface area contributed by atoms with Gasteiger partial charge in [0.15, 0.2) is 0 Å². The van der Waals surface area contributed by atoms with Gasteiger partial charge in [-0.25, -0.2) is 0 Å². The smallest absolute Gasteiger partial charge is 0.121 e. The number of nitrogens with one attached hydrogen (secondary N) is 1. The third-order valence-corrected chi connectivity index (χ3v) is 3.61. The van der Waals surface area contributed by atoms with Crippen LogP contribution in [-0.2, 0) is 6.54 Å². The number of hydrogen-bond acceptors (Lipinski definition) is 2. The van der Waals surface area contributed by atoms with E-state index in [9.17, 15) is 0 Å². The van der Waals surface area contributed by atoms with Crippen molar-refractivity contribution < 1.29 is 4.74 Å². The van der Waals surface area contributed by atoms with Crippen LogP contribution in [0.15, 0.2) is 36.4 Å². The van der Waals surface area contributed by atoms with Crippen molar-refractivity contribution >= 4 is 28.9 Å². The first kappa shape index (κ1) is 14.0. The standard InChI is InChI=1S/C15H15Cl2NO/c1-10-7-12(4-6-15(10)19-2)18-9-11-3-5-13(16)14(17)8-11/h3-8,18H,9H2,1-2H3. The summed E-state index contributed by atoms with van der Waals surface area (Å²) >= 11 is 11.9. The zero-order valence-corrected chi connectivity index (χ0v) is 12.3. The fourth-order valence-electron chi connectivity index (χ4n) is 1.84. The molecule has 0 spiro atoms. The third kappa shape index (κ3) is 3.55. The van der Waals surface area contributed by atoms with Crippen LogP contribution in [0.3, 0.4) is 0 Å². The van der Waals surface area contributed by atoms with E-state index in [4.69, 9.17) is 27.9 Å². The number of ether oxygens (including phenoxy) is 1. The molecule has 0 aromatic heterocycles. The number of hydrogen-bond donors (Lipinski definition) is 1. The van der Waals surface area contributed by atoms with E-state index >= 15 is 0 Å². The molecule has 100 valence electrons. The lowest BCUT2D eigenvalue weighted by atomic mass is 10.2. The highest BCUT2D eigenvalue weighted by Gasteiger charge is 2.02. The van der Waals surface area contributed by atoms with Gasteiger partial charge in [-0.2, -0.15) is 0 Å². The van der Waals surface area contributed by atoms with Crippen LogP contribution in [0.4, 0.5) is 5.69 Å². The Bertz CT molecular complexity index is 584. The Morgan fingerprint density at radius 1 is 1.05 bits per heavy atom. The molecule has 2 nitrogen and oxygen atoms in total. The Morgan fingerprint density at radius 2 is 1.84 bits per heavy atom. The number of anilines is 1. The van der Waals surface area contributed by atoms with Crippen LogP contribution >= 0.6 is 23.2 Å². The lowest BCUT2D eigenvalue weighted by Gasteiger charge is -2.10. The average molecular weight is 296 g/mol. The molecule has 0 aliphatic rings. The first-order valence-corrected chi connectivity index (χ1v) is 6.68. The summed E-state index contributed by atoms with van der Waals surface area (Å²) in [5, 5.41) is 4.49. The van der Waals surface area contributed by atoms with Gasteiger partial charge in [-0.1, -0.05) is 29.3 Å². The molecule has 0 saturated carbocycles.